The molecule has 1 N–H and O–H groups in total. The molecule has 0 saturated carbocycles. The van der Waals surface area contributed by atoms with Crippen molar-refractivity contribution >= 4 is 12.6 Å². The fraction of sp³-hybridized carbons (Fsp3) is 1.00. The summed E-state index contributed by atoms with van der Waals surface area (Å²) in [5.74, 6) is 1.28. The van der Waals surface area contributed by atoms with Crippen molar-refractivity contribution in [2.45, 2.75) is 25.4 Å². The van der Waals surface area contributed by atoms with Gasteiger partial charge in [0.2, 0.25) is 0 Å². The van der Waals surface area contributed by atoms with Gasteiger partial charge in [-0.1, -0.05) is 0 Å². The van der Waals surface area contributed by atoms with Gasteiger partial charge in [0.25, 0.3) is 0 Å². The maximum atomic E-state index is 9.72. The summed E-state index contributed by atoms with van der Waals surface area (Å²) in [5.41, 5.74) is 0. The zero-order valence-electron chi connectivity index (χ0n) is 7.74. The molecule has 1 saturated heterocycles. The van der Waals surface area contributed by atoms with Crippen LogP contribution >= 0.6 is 12.6 Å². The van der Waals surface area contributed by atoms with Crippen LogP contribution in [0.1, 0.15) is 19.3 Å². The van der Waals surface area contributed by atoms with Crippen LogP contribution in [0.25, 0.3) is 0 Å². The van der Waals surface area contributed by atoms with Crippen LogP contribution in [0, 0.1) is 5.92 Å². The minimum atomic E-state index is -0.134. The predicted molar refractivity (Wildman–Crippen MR) is 54.7 cm³/mol. The third kappa shape index (κ3) is 2.96. The van der Waals surface area contributed by atoms with Crippen LogP contribution in [-0.2, 0) is 0 Å². The van der Waals surface area contributed by atoms with E-state index in [0.717, 1.165) is 18.7 Å². The van der Waals surface area contributed by atoms with Crippen LogP contribution in [0.3, 0.4) is 0 Å². The van der Waals surface area contributed by atoms with Crippen LogP contribution in [0.4, 0.5) is 0 Å². The monoisotopic (exact) mass is 189 g/mol. The second-order valence-electron chi connectivity index (χ2n) is 3.74. The molecular weight excluding hydrogens is 170 g/mol. The highest BCUT2D eigenvalue weighted by atomic mass is 32.1. The molecule has 1 heterocycles. The molecular formula is C9H19NOS. The Morgan fingerprint density at radius 1 is 1.67 bits per heavy atom. The molecule has 1 aliphatic rings. The maximum absolute atomic E-state index is 9.72. The van der Waals surface area contributed by atoms with E-state index in [1.54, 1.807) is 0 Å². The van der Waals surface area contributed by atoms with Gasteiger partial charge in [-0.3, -0.25) is 0 Å². The number of piperidine rings is 1. The number of aliphatic hydroxyl groups is 1. The molecule has 2 nitrogen and oxygen atoms in total. The van der Waals surface area contributed by atoms with Crippen LogP contribution in [-0.4, -0.2) is 42.0 Å². The van der Waals surface area contributed by atoms with Crippen LogP contribution in [0.15, 0.2) is 0 Å². The maximum Gasteiger partial charge on any atom is 0.0588 e. The molecule has 0 bridgehead atoms. The summed E-state index contributed by atoms with van der Waals surface area (Å²) in [5, 5.41) is 9.72. The quantitative estimate of drug-likeness (QED) is 0.647. The number of thiol groups is 1. The molecule has 0 amide bonds. The molecule has 1 rings (SSSR count). The fourth-order valence-electron chi connectivity index (χ4n) is 1.89. The molecule has 0 radical (unpaired) electrons. The first-order valence-electron chi connectivity index (χ1n) is 4.71. The van der Waals surface area contributed by atoms with Crippen LogP contribution < -0.4 is 0 Å². The molecule has 0 aromatic rings. The van der Waals surface area contributed by atoms with Crippen molar-refractivity contribution in [3.8, 4) is 0 Å². The van der Waals surface area contributed by atoms with Gasteiger partial charge in [0.1, 0.15) is 0 Å². The first-order chi connectivity index (χ1) is 5.74. The summed E-state index contributed by atoms with van der Waals surface area (Å²) in [4.78, 5) is 2.30. The number of rotatable bonds is 3. The zero-order valence-corrected chi connectivity index (χ0v) is 8.63. The van der Waals surface area contributed by atoms with Crippen molar-refractivity contribution in [3.63, 3.8) is 0 Å². The van der Waals surface area contributed by atoms with E-state index < -0.39 is 0 Å². The van der Waals surface area contributed by atoms with Crippen molar-refractivity contribution in [1.82, 2.24) is 4.90 Å². The van der Waals surface area contributed by atoms with Gasteiger partial charge in [-0.15, -0.1) is 0 Å². The second-order valence-corrected chi connectivity index (χ2v) is 4.19. The highest BCUT2D eigenvalue weighted by Crippen LogP contribution is 2.20. The van der Waals surface area contributed by atoms with Gasteiger partial charge in [-0.2, -0.15) is 12.6 Å². The lowest BCUT2D eigenvalue weighted by atomic mass is 9.91. The molecule has 0 spiro atoms. The van der Waals surface area contributed by atoms with Crippen molar-refractivity contribution in [3.05, 3.63) is 0 Å². The van der Waals surface area contributed by atoms with Gasteiger partial charge >= 0.3 is 0 Å². The standard InChI is InChI=1S/C9H19NOS/c1-10-5-2-3-8(7-10)9(11)4-6-12/h8-9,11-12H,2-7H2,1H3. The lowest BCUT2D eigenvalue weighted by Crippen LogP contribution is -2.38. The molecule has 2 unspecified atom stereocenters. The predicted octanol–water partition coefficient (Wildman–Crippen LogP) is 1.01. The summed E-state index contributed by atoms with van der Waals surface area (Å²) < 4.78 is 0. The lowest BCUT2D eigenvalue weighted by molar-refractivity contribution is 0.0581. The van der Waals surface area contributed by atoms with E-state index in [1.165, 1.54) is 19.4 Å². The Bertz CT molecular complexity index is 132. The third-order valence-electron chi connectivity index (χ3n) is 2.63. The molecule has 0 aromatic carbocycles. The Labute approximate surface area is 80.4 Å². The molecule has 72 valence electrons. The van der Waals surface area contributed by atoms with Gasteiger partial charge in [-0.25, -0.2) is 0 Å². The summed E-state index contributed by atoms with van der Waals surface area (Å²) in [6.45, 7) is 2.24. The number of nitrogens with zero attached hydrogens (tertiary/aromatic N) is 1. The molecule has 0 aromatic heterocycles. The van der Waals surface area contributed by atoms with Gasteiger partial charge in [-0.05, 0) is 44.5 Å². The topological polar surface area (TPSA) is 23.5 Å². The van der Waals surface area contributed by atoms with Crippen LogP contribution in [0.2, 0.25) is 0 Å². The van der Waals surface area contributed by atoms with E-state index in [0.29, 0.717) is 5.92 Å². The minimum absolute atomic E-state index is 0.134. The van der Waals surface area contributed by atoms with Crippen molar-refractivity contribution < 1.29 is 5.11 Å². The minimum Gasteiger partial charge on any atom is -0.393 e. The van der Waals surface area contributed by atoms with Crippen molar-refractivity contribution in [1.29, 1.82) is 0 Å². The summed E-state index contributed by atoms with van der Waals surface area (Å²) >= 11 is 4.13. The Morgan fingerprint density at radius 2 is 2.42 bits per heavy atom. The van der Waals surface area contributed by atoms with Gasteiger partial charge in [0.15, 0.2) is 0 Å². The van der Waals surface area contributed by atoms with E-state index in [4.69, 9.17) is 0 Å². The SMILES string of the molecule is CN1CCCC(C(O)CCS)C1. The zero-order chi connectivity index (χ0) is 8.97. The summed E-state index contributed by atoms with van der Waals surface area (Å²) in [6, 6.07) is 0. The lowest BCUT2D eigenvalue weighted by Gasteiger charge is -2.32. The first-order valence-corrected chi connectivity index (χ1v) is 5.34. The van der Waals surface area contributed by atoms with E-state index in [2.05, 4.69) is 24.6 Å². The van der Waals surface area contributed by atoms with Gasteiger partial charge in [0, 0.05) is 6.54 Å². The molecule has 1 fully saturated rings. The average Bonchev–Trinajstić information content (AvgIpc) is 2.05. The number of likely N-dealkylation sites (tertiary alicyclic amines) is 1. The normalized spacial score (nSPS) is 28.8. The van der Waals surface area contributed by atoms with Gasteiger partial charge < -0.3 is 10.0 Å². The second kappa shape index (κ2) is 5.10. The van der Waals surface area contributed by atoms with E-state index in [-0.39, 0.29) is 6.10 Å². The Balaban J connectivity index is 2.29. The largest absolute Gasteiger partial charge is 0.393 e. The first kappa shape index (κ1) is 10.4. The van der Waals surface area contributed by atoms with Gasteiger partial charge in [0.05, 0.1) is 6.10 Å². The molecule has 12 heavy (non-hydrogen) atoms. The number of aliphatic hydroxyl groups excluding tert-OH is 1. The molecule has 0 aliphatic carbocycles. The molecule has 1 aliphatic heterocycles. The van der Waals surface area contributed by atoms with Crippen molar-refractivity contribution in [2.24, 2.45) is 5.92 Å². The van der Waals surface area contributed by atoms with E-state index >= 15 is 0 Å². The number of hydrogen-bond acceptors (Lipinski definition) is 3. The fourth-order valence-corrected chi connectivity index (χ4v) is 2.15. The average molecular weight is 189 g/mol. The smallest absolute Gasteiger partial charge is 0.0588 e. The summed E-state index contributed by atoms with van der Waals surface area (Å²) in [6.07, 6.45) is 3.11. The summed E-state index contributed by atoms with van der Waals surface area (Å²) in [7, 11) is 2.12. The Hall–Kier alpha value is 0.270. The van der Waals surface area contributed by atoms with Crippen LogP contribution in [0.5, 0.6) is 0 Å². The molecule has 3 heteroatoms. The highest BCUT2D eigenvalue weighted by Gasteiger charge is 2.23. The van der Waals surface area contributed by atoms with E-state index in [1.807, 2.05) is 0 Å². The Morgan fingerprint density at radius 3 is 3.00 bits per heavy atom. The highest BCUT2D eigenvalue weighted by molar-refractivity contribution is 7.80. The number of hydrogen-bond donors (Lipinski definition) is 2. The molecule has 2 atom stereocenters. The third-order valence-corrected chi connectivity index (χ3v) is 2.89. The Kier molecular flexibility index (Phi) is 4.40. The van der Waals surface area contributed by atoms with Crippen molar-refractivity contribution in [2.75, 3.05) is 25.9 Å². The van der Waals surface area contributed by atoms with E-state index in [9.17, 15) is 5.11 Å².